The highest BCUT2D eigenvalue weighted by Gasteiger charge is 2.26. The van der Waals surface area contributed by atoms with Crippen molar-refractivity contribution in [3.8, 4) is 0 Å². The molecule has 6 nitrogen and oxygen atoms in total. The molecule has 0 bridgehead atoms. The van der Waals surface area contributed by atoms with Crippen molar-refractivity contribution < 1.29 is 9.59 Å². The number of hydrogen-bond acceptors (Lipinski definition) is 3. The molecule has 0 spiro atoms. The Balaban J connectivity index is 1.40. The minimum Gasteiger partial charge on any atom is -0.350 e. The molecule has 0 atom stereocenters. The maximum absolute atomic E-state index is 13.1. The summed E-state index contributed by atoms with van der Waals surface area (Å²) in [5, 5.41) is 8.59. The fourth-order valence-corrected chi connectivity index (χ4v) is 3.82. The Hall–Kier alpha value is -2.83. The van der Waals surface area contributed by atoms with Crippen molar-refractivity contribution in [3.63, 3.8) is 0 Å². The van der Waals surface area contributed by atoms with E-state index in [1.165, 1.54) is 0 Å². The van der Waals surface area contributed by atoms with Crippen LogP contribution < -0.4 is 5.32 Å². The average Bonchev–Trinajstić information content (AvgIpc) is 3.14. The van der Waals surface area contributed by atoms with Gasteiger partial charge in [-0.15, -0.1) is 0 Å². The van der Waals surface area contributed by atoms with E-state index in [0.29, 0.717) is 48.3 Å². The molecule has 1 N–H and O–H groups in total. The summed E-state index contributed by atoms with van der Waals surface area (Å²) >= 11 is 11.8. The quantitative estimate of drug-likeness (QED) is 0.603. The number of halogens is 2. The summed E-state index contributed by atoms with van der Waals surface area (Å²) in [6, 6.07) is 16.6. The molecule has 31 heavy (non-hydrogen) atoms. The summed E-state index contributed by atoms with van der Waals surface area (Å²) in [7, 11) is 0. The predicted octanol–water partition coefficient (Wildman–Crippen LogP) is 4.21. The van der Waals surface area contributed by atoms with E-state index >= 15 is 0 Å². The monoisotopic (exact) mass is 456 g/mol. The van der Waals surface area contributed by atoms with Gasteiger partial charge in [-0.2, -0.15) is 5.10 Å². The lowest BCUT2D eigenvalue weighted by molar-refractivity contribution is 0.0745. The highest BCUT2D eigenvalue weighted by molar-refractivity contribution is 6.30. The fourth-order valence-electron chi connectivity index (χ4n) is 3.57. The number of carbonyl (C=O) groups is 2. The van der Waals surface area contributed by atoms with Crippen LogP contribution in [0.2, 0.25) is 10.0 Å². The molecule has 2 aromatic carbocycles. The number of nitrogens with one attached hydrogen (secondary N) is 1. The van der Waals surface area contributed by atoms with E-state index in [9.17, 15) is 9.59 Å². The Bertz CT molecular complexity index is 1080. The van der Waals surface area contributed by atoms with Crippen LogP contribution in [-0.4, -0.2) is 39.6 Å². The second-order valence-corrected chi connectivity index (χ2v) is 8.35. The van der Waals surface area contributed by atoms with Gasteiger partial charge in [-0.3, -0.25) is 14.3 Å². The number of nitrogens with zero attached hydrogens (tertiary/aromatic N) is 3. The van der Waals surface area contributed by atoms with Gasteiger partial charge < -0.3 is 10.2 Å². The van der Waals surface area contributed by atoms with Crippen LogP contribution in [0, 0.1) is 0 Å². The second kappa shape index (κ2) is 9.54. The number of fused-ring (bicyclic) bond motifs is 1. The summed E-state index contributed by atoms with van der Waals surface area (Å²) in [5.41, 5.74) is 2.78. The number of hydrogen-bond donors (Lipinski definition) is 1. The first-order valence-corrected chi connectivity index (χ1v) is 10.9. The molecule has 0 fully saturated rings. The summed E-state index contributed by atoms with van der Waals surface area (Å²) < 4.78 is 1.64. The molecule has 1 aliphatic rings. The number of amides is 2. The molecule has 2 heterocycles. The van der Waals surface area contributed by atoms with Gasteiger partial charge in [0, 0.05) is 42.3 Å². The first-order chi connectivity index (χ1) is 15.0. The van der Waals surface area contributed by atoms with E-state index in [1.54, 1.807) is 15.6 Å². The molecule has 160 valence electrons. The molecule has 2 amide bonds. The average molecular weight is 457 g/mol. The van der Waals surface area contributed by atoms with E-state index in [0.717, 1.165) is 17.5 Å². The van der Waals surface area contributed by atoms with Gasteiger partial charge in [0.2, 0.25) is 0 Å². The van der Waals surface area contributed by atoms with Gasteiger partial charge in [-0.05, 0) is 48.2 Å². The van der Waals surface area contributed by atoms with Crippen molar-refractivity contribution >= 4 is 35.0 Å². The number of aryl methyl sites for hydroxylation is 1. The van der Waals surface area contributed by atoms with Crippen LogP contribution >= 0.6 is 23.2 Å². The molecule has 0 saturated carbocycles. The van der Waals surface area contributed by atoms with Gasteiger partial charge in [0.25, 0.3) is 11.8 Å². The summed E-state index contributed by atoms with van der Waals surface area (Å²) in [4.78, 5) is 27.4. The zero-order valence-electron chi connectivity index (χ0n) is 16.9. The molecule has 1 aliphatic heterocycles. The van der Waals surface area contributed by atoms with Crippen molar-refractivity contribution in [3.05, 3.63) is 87.2 Å². The summed E-state index contributed by atoms with van der Waals surface area (Å²) in [5.74, 6) is -0.410. The minimum absolute atomic E-state index is 0.125. The van der Waals surface area contributed by atoms with Crippen molar-refractivity contribution in [2.45, 2.75) is 25.9 Å². The Morgan fingerprint density at radius 1 is 0.968 bits per heavy atom. The van der Waals surface area contributed by atoms with Crippen LogP contribution in [0.1, 0.15) is 38.5 Å². The van der Waals surface area contributed by atoms with E-state index in [1.807, 2.05) is 48.5 Å². The smallest absolute Gasteiger partial charge is 0.272 e. The zero-order chi connectivity index (χ0) is 21.8. The molecular formula is C23H22Cl2N4O2. The van der Waals surface area contributed by atoms with Crippen molar-refractivity contribution in [1.82, 2.24) is 20.0 Å². The summed E-state index contributed by atoms with van der Waals surface area (Å²) in [6.07, 6.45) is 1.45. The van der Waals surface area contributed by atoms with Crippen LogP contribution in [-0.2, 0) is 19.5 Å². The van der Waals surface area contributed by atoms with E-state index in [-0.39, 0.29) is 17.5 Å². The summed E-state index contributed by atoms with van der Waals surface area (Å²) in [6.45, 7) is 2.19. The first kappa shape index (κ1) is 21.4. The maximum Gasteiger partial charge on any atom is 0.272 e. The highest BCUT2D eigenvalue weighted by Crippen LogP contribution is 2.18. The Kier molecular flexibility index (Phi) is 6.59. The number of benzene rings is 2. The van der Waals surface area contributed by atoms with Gasteiger partial charge in [-0.25, -0.2) is 0 Å². The number of rotatable bonds is 6. The lowest BCUT2D eigenvalue weighted by Crippen LogP contribution is -2.30. The van der Waals surface area contributed by atoms with E-state index < -0.39 is 0 Å². The molecule has 1 aromatic heterocycles. The fraction of sp³-hybridized carbons (Fsp3) is 0.261. The third-order valence-electron chi connectivity index (χ3n) is 5.22. The molecule has 8 heteroatoms. The molecule has 0 aliphatic carbocycles. The second-order valence-electron chi connectivity index (χ2n) is 7.48. The van der Waals surface area contributed by atoms with Gasteiger partial charge >= 0.3 is 0 Å². The predicted molar refractivity (Wildman–Crippen MR) is 121 cm³/mol. The topological polar surface area (TPSA) is 67.2 Å². The van der Waals surface area contributed by atoms with E-state index in [2.05, 4.69) is 10.4 Å². The molecular weight excluding hydrogens is 435 g/mol. The Morgan fingerprint density at radius 2 is 1.61 bits per heavy atom. The number of carbonyl (C=O) groups excluding carboxylic acids is 2. The Labute approximate surface area is 190 Å². The van der Waals surface area contributed by atoms with Gasteiger partial charge in [0.1, 0.15) is 5.69 Å². The van der Waals surface area contributed by atoms with Gasteiger partial charge in [-0.1, -0.05) is 47.5 Å². The van der Waals surface area contributed by atoms with Crippen LogP contribution in [0.5, 0.6) is 0 Å². The third kappa shape index (κ3) is 5.27. The van der Waals surface area contributed by atoms with E-state index in [4.69, 9.17) is 23.2 Å². The first-order valence-electron chi connectivity index (χ1n) is 10.1. The molecule has 4 rings (SSSR count). The maximum atomic E-state index is 13.1. The zero-order valence-corrected chi connectivity index (χ0v) is 18.4. The largest absolute Gasteiger partial charge is 0.350 e. The van der Waals surface area contributed by atoms with Crippen molar-refractivity contribution in [2.75, 3.05) is 13.1 Å². The SMILES string of the molecule is O=C(NCCc1ccc(Cl)cc1)c1cc2n(n1)CCCN(Cc1ccc(Cl)cc1)C2=O. The normalized spacial score (nSPS) is 13.6. The van der Waals surface area contributed by atoms with Crippen molar-refractivity contribution in [2.24, 2.45) is 0 Å². The molecule has 3 aromatic rings. The number of aromatic nitrogens is 2. The van der Waals surface area contributed by atoms with Crippen LogP contribution in [0.4, 0.5) is 0 Å². The minimum atomic E-state index is -0.286. The third-order valence-corrected chi connectivity index (χ3v) is 5.72. The van der Waals surface area contributed by atoms with Crippen LogP contribution in [0.3, 0.4) is 0 Å². The van der Waals surface area contributed by atoms with Crippen LogP contribution in [0.25, 0.3) is 0 Å². The lowest BCUT2D eigenvalue weighted by atomic mass is 10.1. The molecule has 0 radical (unpaired) electrons. The lowest BCUT2D eigenvalue weighted by Gasteiger charge is -2.20. The molecule has 0 saturated heterocycles. The standard InChI is InChI=1S/C23H22Cl2N4O2/c24-18-6-2-16(3-7-18)10-11-26-22(30)20-14-21-23(31)28(12-1-13-29(21)27-20)15-17-4-8-19(25)9-5-17/h2-9,14H,1,10-13,15H2,(H,26,30). The van der Waals surface area contributed by atoms with Gasteiger partial charge in [0.05, 0.1) is 0 Å². The Morgan fingerprint density at radius 3 is 2.29 bits per heavy atom. The highest BCUT2D eigenvalue weighted by atomic mass is 35.5. The van der Waals surface area contributed by atoms with Gasteiger partial charge in [0.15, 0.2) is 5.69 Å². The molecule has 0 unspecified atom stereocenters. The van der Waals surface area contributed by atoms with Crippen LogP contribution in [0.15, 0.2) is 54.6 Å². The van der Waals surface area contributed by atoms with Crippen molar-refractivity contribution in [1.29, 1.82) is 0 Å².